The van der Waals surface area contributed by atoms with E-state index in [2.05, 4.69) is 27.3 Å². The molecular weight excluding hydrogens is 269 g/mol. The van der Waals surface area contributed by atoms with Crippen LogP contribution in [-0.4, -0.2) is 46.3 Å². The summed E-state index contributed by atoms with van der Waals surface area (Å²) >= 11 is 0. The highest BCUT2D eigenvalue weighted by Crippen LogP contribution is 2.20. The predicted molar refractivity (Wildman–Crippen MR) is 80.0 cm³/mol. The number of hydrogen-bond acceptors (Lipinski definition) is 4. The Bertz CT molecular complexity index is 576. The maximum atomic E-state index is 14.1. The molecule has 1 aliphatic rings. The van der Waals surface area contributed by atoms with Gasteiger partial charge in [-0.3, -0.25) is 0 Å². The average molecular weight is 289 g/mol. The summed E-state index contributed by atoms with van der Waals surface area (Å²) < 4.78 is 15.5. The molecular formula is C15H20FN5. The van der Waals surface area contributed by atoms with Crippen LogP contribution in [0.1, 0.15) is 12.8 Å². The zero-order chi connectivity index (χ0) is 14.7. The van der Waals surface area contributed by atoms with Crippen molar-refractivity contribution in [3.05, 3.63) is 36.7 Å². The lowest BCUT2D eigenvalue weighted by atomic mass is 9.97. The summed E-state index contributed by atoms with van der Waals surface area (Å²) in [6.07, 6.45) is 5.28. The van der Waals surface area contributed by atoms with Gasteiger partial charge in [0.05, 0.1) is 0 Å². The molecule has 1 saturated heterocycles. The van der Waals surface area contributed by atoms with Gasteiger partial charge < -0.3 is 10.2 Å². The molecule has 1 N–H and O–H groups in total. The van der Waals surface area contributed by atoms with Gasteiger partial charge in [0.1, 0.15) is 18.3 Å². The van der Waals surface area contributed by atoms with E-state index in [1.54, 1.807) is 6.07 Å². The van der Waals surface area contributed by atoms with Crippen molar-refractivity contribution < 1.29 is 4.39 Å². The molecule has 1 fully saturated rings. The lowest BCUT2D eigenvalue weighted by Crippen LogP contribution is -2.32. The molecule has 1 aliphatic heterocycles. The van der Waals surface area contributed by atoms with Crippen LogP contribution in [0.5, 0.6) is 0 Å². The van der Waals surface area contributed by atoms with Crippen LogP contribution in [0.25, 0.3) is 5.69 Å². The molecule has 3 rings (SSSR count). The van der Waals surface area contributed by atoms with Gasteiger partial charge in [0.2, 0.25) is 0 Å². The molecule has 0 spiro atoms. The zero-order valence-electron chi connectivity index (χ0n) is 12.2. The first kappa shape index (κ1) is 14.0. The number of nitrogens with zero attached hydrogens (tertiary/aromatic N) is 4. The molecule has 21 heavy (non-hydrogen) atoms. The summed E-state index contributed by atoms with van der Waals surface area (Å²) in [6, 6.07) is 5.13. The van der Waals surface area contributed by atoms with Crippen molar-refractivity contribution in [2.45, 2.75) is 12.8 Å². The normalized spacial score (nSPS) is 17.0. The van der Waals surface area contributed by atoms with Crippen LogP contribution in [0.2, 0.25) is 0 Å². The Morgan fingerprint density at radius 2 is 2.14 bits per heavy atom. The van der Waals surface area contributed by atoms with Gasteiger partial charge in [0, 0.05) is 12.2 Å². The minimum atomic E-state index is -0.297. The molecule has 5 nitrogen and oxygen atoms in total. The molecule has 0 unspecified atom stereocenters. The van der Waals surface area contributed by atoms with Gasteiger partial charge in [-0.2, -0.15) is 5.10 Å². The number of piperidine rings is 1. The number of benzene rings is 1. The van der Waals surface area contributed by atoms with Crippen LogP contribution in [0.3, 0.4) is 0 Å². The van der Waals surface area contributed by atoms with E-state index in [0.29, 0.717) is 11.6 Å². The van der Waals surface area contributed by atoms with Crippen LogP contribution in [-0.2, 0) is 0 Å². The Labute approximate surface area is 123 Å². The van der Waals surface area contributed by atoms with Crippen LogP contribution >= 0.6 is 0 Å². The third kappa shape index (κ3) is 3.39. The lowest BCUT2D eigenvalue weighted by Gasteiger charge is -2.29. The smallest absolute Gasteiger partial charge is 0.150 e. The number of nitrogens with one attached hydrogen (secondary N) is 1. The second-order valence-electron chi connectivity index (χ2n) is 5.63. The van der Waals surface area contributed by atoms with Crippen molar-refractivity contribution in [3.63, 3.8) is 0 Å². The summed E-state index contributed by atoms with van der Waals surface area (Å²) in [6.45, 7) is 3.19. The number of hydrogen-bond donors (Lipinski definition) is 1. The minimum absolute atomic E-state index is 0.297. The SMILES string of the molecule is CN1CCC(CNc2ccc(-n3cncn3)c(F)c2)CC1. The van der Waals surface area contributed by atoms with Gasteiger partial charge in [-0.15, -0.1) is 0 Å². The van der Waals surface area contributed by atoms with Gasteiger partial charge in [0.25, 0.3) is 0 Å². The Morgan fingerprint density at radius 1 is 1.33 bits per heavy atom. The van der Waals surface area contributed by atoms with E-state index in [1.807, 2.05) is 6.07 Å². The Balaban J connectivity index is 1.60. The molecule has 0 bridgehead atoms. The van der Waals surface area contributed by atoms with Crippen LogP contribution < -0.4 is 5.32 Å². The van der Waals surface area contributed by atoms with E-state index in [9.17, 15) is 4.39 Å². The monoisotopic (exact) mass is 289 g/mol. The zero-order valence-corrected chi connectivity index (χ0v) is 12.2. The predicted octanol–water partition coefficient (Wildman–Crippen LogP) is 2.16. The van der Waals surface area contributed by atoms with Gasteiger partial charge >= 0.3 is 0 Å². The van der Waals surface area contributed by atoms with Crippen molar-refractivity contribution in [1.29, 1.82) is 0 Å². The number of likely N-dealkylation sites (tertiary alicyclic amines) is 1. The van der Waals surface area contributed by atoms with E-state index < -0.39 is 0 Å². The maximum absolute atomic E-state index is 14.1. The van der Waals surface area contributed by atoms with E-state index >= 15 is 0 Å². The first-order chi connectivity index (χ1) is 10.2. The van der Waals surface area contributed by atoms with Crippen molar-refractivity contribution in [2.24, 2.45) is 5.92 Å². The Kier molecular flexibility index (Phi) is 4.15. The first-order valence-corrected chi connectivity index (χ1v) is 7.29. The van der Waals surface area contributed by atoms with Crippen LogP contribution in [0.4, 0.5) is 10.1 Å². The van der Waals surface area contributed by atoms with E-state index in [-0.39, 0.29) is 5.82 Å². The first-order valence-electron chi connectivity index (χ1n) is 7.29. The molecule has 0 radical (unpaired) electrons. The third-order valence-corrected chi connectivity index (χ3v) is 4.05. The summed E-state index contributed by atoms with van der Waals surface area (Å²) in [5, 5.41) is 7.28. The standard InChI is InChI=1S/C15H20FN5/c1-20-6-4-12(5-7-20)9-18-13-2-3-15(14(16)8-13)21-11-17-10-19-21/h2-3,8,10-12,18H,4-7,9H2,1H3. The fourth-order valence-corrected chi connectivity index (χ4v) is 2.66. The number of rotatable bonds is 4. The summed E-state index contributed by atoms with van der Waals surface area (Å²) in [4.78, 5) is 6.18. The van der Waals surface area contributed by atoms with Crippen molar-refractivity contribution in [2.75, 3.05) is 32.0 Å². The lowest BCUT2D eigenvalue weighted by molar-refractivity contribution is 0.226. The molecule has 1 aromatic carbocycles. The van der Waals surface area contributed by atoms with Gasteiger partial charge in [0.15, 0.2) is 5.82 Å². The van der Waals surface area contributed by atoms with E-state index in [4.69, 9.17) is 0 Å². The third-order valence-electron chi connectivity index (χ3n) is 4.05. The number of halogens is 1. The van der Waals surface area contributed by atoms with Crippen molar-refractivity contribution in [1.82, 2.24) is 19.7 Å². The molecule has 0 saturated carbocycles. The Morgan fingerprint density at radius 3 is 2.81 bits per heavy atom. The fraction of sp³-hybridized carbons (Fsp3) is 0.467. The summed E-state index contributed by atoms with van der Waals surface area (Å²) in [5.41, 5.74) is 1.23. The number of aromatic nitrogens is 3. The van der Waals surface area contributed by atoms with Crippen molar-refractivity contribution >= 4 is 5.69 Å². The van der Waals surface area contributed by atoms with E-state index in [1.165, 1.54) is 36.2 Å². The topological polar surface area (TPSA) is 46.0 Å². The van der Waals surface area contributed by atoms with Gasteiger partial charge in [-0.25, -0.2) is 14.1 Å². The van der Waals surface area contributed by atoms with Gasteiger partial charge in [-0.1, -0.05) is 0 Å². The fourth-order valence-electron chi connectivity index (χ4n) is 2.66. The summed E-state index contributed by atoms with van der Waals surface area (Å²) in [5.74, 6) is 0.369. The van der Waals surface area contributed by atoms with Crippen LogP contribution in [0, 0.1) is 11.7 Å². The highest BCUT2D eigenvalue weighted by molar-refractivity contribution is 5.49. The van der Waals surface area contributed by atoms with Crippen molar-refractivity contribution in [3.8, 4) is 5.69 Å². The highest BCUT2D eigenvalue weighted by Gasteiger charge is 2.16. The average Bonchev–Trinajstić information content (AvgIpc) is 3.01. The largest absolute Gasteiger partial charge is 0.385 e. The quantitative estimate of drug-likeness (QED) is 0.937. The minimum Gasteiger partial charge on any atom is -0.385 e. The highest BCUT2D eigenvalue weighted by atomic mass is 19.1. The molecule has 6 heteroatoms. The molecule has 0 aliphatic carbocycles. The summed E-state index contributed by atoms with van der Waals surface area (Å²) in [7, 11) is 2.15. The molecule has 2 heterocycles. The van der Waals surface area contributed by atoms with Gasteiger partial charge in [-0.05, 0) is 57.1 Å². The second kappa shape index (κ2) is 6.22. The number of anilines is 1. The molecule has 1 aromatic heterocycles. The molecule has 2 aromatic rings. The molecule has 0 atom stereocenters. The second-order valence-corrected chi connectivity index (χ2v) is 5.63. The molecule has 112 valence electrons. The molecule has 0 amide bonds. The van der Waals surface area contributed by atoms with Crippen LogP contribution in [0.15, 0.2) is 30.9 Å². The Hall–Kier alpha value is -1.95. The van der Waals surface area contributed by atoms with E-state index in [0.717, 1.165) is 25.3 Å². The maximum Gasteiger partial charge on any atom is 0.150 e.